The van der Waals surface area contributed by atoms with Crippen molar-refractivity contribution in [3.05, 3.63) is 65.9 Å². The lowest BCUT2D eigenvalue weighted by atomic mass is 9.92. The van der Waals surface area contributed by atoms with Crippen molar-refractivity contribution in [2.45, 2.75) is 98.0 Å². The number of H-pyrrole nitrogens is 2. The second-order valence-electron chi connectivity index (χ2n) is 14.6. The molecular formula is C41H49N7O5. The molecule has 0 spiro atoms. The van der Waals surface area contributed by atoms with Crippen molar-refractivity contribution in [2.24, 2.45) is 5.92 Å². The lowest BCUT2D eigenvalue weighted by molar-refractivity contribution is -0.135. The van der Waals surface area contributed by atoms with Crippen LogP contribution in [0.15, 0.2) is 48.7 Å². The van der Waals surface area contributed by atoms with E-state index in [0.29, 0.717) is 25.5 Å². The molecule has 2 aromatic heterocycles. The Labute approximate surface area is 309 Å². The summed E-state index contributed by atoms with van der Waals surface area (Å²) >= 11 is 0. The third kappa shape index (κ3) is 7.06. The maximum Gasteiger partial charge on any atom is 0.407 e. The summed E-state index contributed by atoms with van der Waals surface area (Å²) in [4.78, 5) is 58.3. The van der Waals surface area contributed by atoms with Gasteiger partial charge in [-0.3, -0.25) is 9.59 Å². The van der Waals surface area contributed by atoms with E-state index in [9.17, 15) is 14.4 Å². The molecule has 0 saturated carbocycles. The van der Waals surface area contributed by atoms with E-state index in [2.05, 4.69) is 89.1 Å². The van der Waals surface area contributed by atoms with Crippen molar-refractivity contribution >= 4 is 39.7 Å². The van der Waals surface area contributed by atoms with Gasteiger partial charge in [0.25, 0.3) is 0 Å². The fraction of sp³-hybridized carbons (Fsp3) is 0.439. The number of amides is 3. The number of ether oxygens (including phenoxy) is 2. The number of hydrogen-bond donors (Lipinski definition) is 3. The van der Waals surface area contributed by atoms with Gasteiger partial charge in [0, 0.05) is 29.5 Å². The highest BCUT2D eigenvalue weighted by Crippen LogP contribution is 2.43. The molecule has 7 rings (SSSR count). The molecule has 0 aliphatic carbocycles. The lowest BCUT2D eigenvalue weighted by Crippen LogP contribution is -2.43. The molecule has 12 heteroatoms. The third-order valence-electron chi connectivity index (χ3n) is 11.1. The van der Waals surface area contributed by atoms with Crippen LogP contribution in [0.4, 0.5) is 4.79 Å². The first-order chi connectivity index (χ1) is 25.6. The SMILES string of the molecule is CCC(C)CC(=O)N(Cc1ncc(-c2ccc3c(c2)COc2cc4c(ccc5nc(C6CC[C@H](C)N6C(=O)CNC(=O)OC)[nH]c54)cc2-3)[nH]1)[C@@H](C)CC. The van der Waals surface area contributed by atoms with Crippen molar-refractivity contribution in [2.75, 3.05) is 13.7 Å². The Morgan fingerprint density at radius 2 is 1.89 bits per heavy atom. The molecule has 53 heavy (non-hydrogen) atoms. The molecule has 1 saturated heterocycles. The average molecular weight is 720 g/mol. The van der Waals surface area contributed by atoms with Gasteiger partial charge in [0.15, 0.2) is 0 Å². The van der Waals surface area contributed by atoms with Gasteiger partial charge in [-0.05, 0) is 85.4 Å². The number of aromatic nitrogens is 4. The number of benzene rings is 3. The van der Waals surface area contributed by atoms with E-state index in [1.165, 1.54) is 7.11 Å². The van der Waals surface area contributed by atoms with Gasteiger partial charge < -0.3 is 34.6 Å². The fourth-order valence-corrected chi connectivity index (χ4v) is 7.64. The van der Waals surface area contributed by atoms with Gasteiger partial charge in [-0.2, -0.15) is 0 Å². The number of nitrogens with zero attached hydrogens (tertiary/aromatic N) is 4. The van der Waals surface area contributed by atoms with E-state index in [1.807, 2.05) is 29.0 Å². The van der Waals surface area contributed by atoms with Crippen molar-refractivity contribution in [3.8, 4) is 28.1 Å². The standard InChI is InChI=1S/C41H49N7O5/c1-7-23(3)15-37(49)47(24(4)8-2)21-36-42-19-33(44-36)27-10-12-29-28(16-27)22-53-35-18-30-26(17-31(29)35)11-13-32-39(30)46-40(45-32)34-14-9-25(5)48(34)38(50)20-43-41(51)52-6/h10-13,16-19,23-25,34H,7-9,14-15,20-22H2,1-6H3,(H,42,44)(H,43,51)(H,45,46)/t23?,24-,25-,34?/m0/s1. The molecule has 0 radical (unpaired) electrons. The van der Waals surface area contributed by atoms with Crippen LogP contribution in [0, 0.1) is 5.92 Å². The largest absolute Gasteiger partial charge is 0.488 e. The number of rotatable bonds is 11. The Balaban J connectivity index is 1.13. The van der Waals surface area contributed by atoms with Gasteiger partial charge in [0.05, 0.1) is 42.6 Å². The zero-order valence-electron chi connectivity index (χ0n) is 31.4. The van der Waals surface area contributed by atoms with Crippen molar-refractivity contribution in [1.82, 2.24) is 35.1 Å². The van der Waals surface area contributed by atoms with Crippen molar-refractivity contribution in [1.29, 1.82) is 0 Å². The number of imidazole rings is 2. The molecule has 278 valence electrons. The quantitative estimate of drug-likeness (QED) is 0.127. The predicted molar refractivity (Wildman–Crippen MR) is 204 cm³/mol. The average Bonchev–Trinajstić information content (AvgIpc) is 3.93. The summed E-state index contributed by atoms with van der Waals surface area (Å²) in [7, 11) is 1.28. The summed E-state index contributed by atoms with van der Waals surface area (Å²) in [5.74, 6) is 2.65. The van der Waals surface area contributed by atoms with Gasteiger partial charge >= 0.3 is 6.09 Å². The molecule has 3 N–H and O–H groups in total. The monoisotopic (exact) mass is 719 g/mol. The number of carbonyl (C=O) groups is 3. The van der Waals surface area contributed by atoms with Gasteiger partial charge in [0.1, 0.15) is 30.5 Å². The molecule has 2 aliphatic heterocycles. The molecule has 2 aliphatic rings. The van der Waals surface area contributed by atoms with Crippen molar-refractivity contribution in [3.63, 3.8) is 0 Å². The van der Waals surface area contributed by atoms with Gasteiger partial charge in [-0.15, -0.1) is 0 Å². The molecule has 4 heterocycles. The highest BCUT2D eigenvalue weighted by atomic mass is 16.5. The van der Waals surface area contributed by atoms with Crippen LogP contribution in [0.3, 0.4) is 0 Å². The molecule has 0 bridgehead atoms. The molecule has 12 nitrogen and oxygen atoms in total. The summed E-state index contributed by atoms with van der Waals surface area (Å²) in [5.41, 5.74) is 6.86. The Morgan fingerprint density at radius 1 is 1.06 bits per heavy atom. The summed E-state index contributed by atoms with van der Waals surface area (Å²) in [5, 5.41) is 4.55. The number of methoxy groups -OCH3 is 1. The van der Waals surface area contributed by atoms with Crippen molar-refractivity contribution < 1.29 is 23.9 Å². The molecular weight excluding hydrogens is 670 g/mol. The smallest absolute Gasteiger partial charge is 0.407 e. The normalized spacial score (nSPS) is 17.6. The van der Waals surface area contributed by atoms with Crippen LogP contribution in [-0.4, -0.2) is 73.4 Å². The van der Waals surface area contributed by atoms with Gasteiger partial charge in [-0.25, -0.2) is 14.8 Å². The van der Waals surface area contributed by atoms with Crippen LogP contribution >= 0.6 is 0 Å². The first-order valence-corrected chi connectivity index (χ1v) is 18.8. The minimum absolute atomic E-state index is 0.0169. The summed E-state index contributed by atoms with van der Waals surface area (Å²) in [6.45, 7) is 11.2. The minimum Gasteiger partial charge on any atom is -0.488 e. The molecule has 1 fully saturated rings. The number of aromatic amines is 2. The fourth-order valence-electron chi connectivity index (χ4n) is 7.64. The molecule has 2 unspecified atom stereocenters. The predicted octanol–water partition coefficient (Wildman–Crippen LogP) is 7.64. The van der Waals surface area contributed by atoms with Crippen LogP contribution in [0.2, 0.25) is 0 Å². The van der Waals surface area contributed by atoms with Crippen LogP contribution in [0.5, 0.6) is 5.75 Å². The number of fused-ring (bicyclic) bond motifs is 6. The maximum absolute atomic E-state index is 13.2. The third-order valence-corrected chi connectivity index (χ3v) is 11.1. The van der Waals surface area contributed by atoms with Crippen LogP contribution in [0.25, 0.3) is 44.2 Å². The van der Waals surface area contributed by atoms with Gasteiger partial charge in [0.2, 0.25) is 11.8 Å². The molecule has 5 aromatic rings. The van der Waals surface area contributed by atoms with Crippen LogP contribution in [0.1, 0.15) is 90.0 Å². The number of nitrogens with one attached hydrogen (secondary N) is 3. The van der Waals surface area contributed by atoms with E-state index >= 15 is 0 Å². The number of alkyl carbamates (subject to hydrolysis) is 1. The Kier molecular flexibility index (Phi) is 10.1. The Bertz CT molecular complexity index is 2170. The van der Waals surface area contributed by atoms with E-state index in [0.717, 1.165) is 92.8 Å². The lowest BCUT2D eigenvalue weighted by Gasteiger charge is -2.29. The number of hydrogen-bond acceptors (Lipinski definition) is 7. The summed E-state index contributed by atoms with van der Waals surface area (Å²) in [6, 6.07) is 14.7. The van der Waals surface area contributed by atoms with E-state index in [-0.39, 0.29) is 36.5 Å². The second kappa shape index (κ2) is 14.9. The van der Waals surface area contributed by atoms with Crippen LogP contribution in [-0.2, 0) is 27.5 Å². The van der Waals surface area contributed by atoms with Crippen LogP contribution < -0.4 is 10.1 Å². The first kappa shape index (κ1) is 36.0. The maximum atomic E-state index is 13.2. The van der Waals surface area contributed by atoms with E-state index < -0.39 is 6.09 Å². The highest BCUT2D eigenvalue weighted by Gasteiger charge is 2.37. The topological polar surface area (TPSA) is 146 Å². The molecule has 3 amide bonds. The second-order valence-corrected chi connectivity index (χ2v) is 14.6. The Hall–Kier alpha value is -5.39. The minimum atomic E-state index is -0.635. The number of likely N-dealkylation sites (tertiary alicyclic amines) is 1. The zero-order chi connectivity index (χ0) is 37.4. The van der Waals surface area contributed by atoms with Gasteiger partial charge in [-0.1, -0.05) is 45.4 Å². The summed E-state index contributed by atoms with van der Waals surface area (Å²) in [6.07, 6.45) is 5.23. The first-order valence-electron chi connectivity index (χ1n) is 18.8. The number of carbonyl (C=O) groups excluding carboxylic acids is 3. The van der Waals surface area contributed by atoms with E-state index in [4.69, 9.17) is 9.72 Å². The highest BCUT2D eigenvalue weighted by molar-refractivity contribution is 6.07. The molecule has 3 aromatic carbocycles. The molecule has 4 atom stereocenters. The van der Waals surface area contributed by atoms with E-state index in [1.54, 1.807) is 0 Å². The summed E-state index contributed by atoms with van der Waals surface area (Å²) < 4.78 is 11.0. The Morgan fingerprint density at radius 3 is 2.66 bits per heavy atom. The zero-order valence-corrected chi connectivity index (χ0v) is 31.4.